The molecule has 0 aliphatic heterocycles. The number of hydrogen-bond acceptors (Lipinski definition) is 6. The molecule has 5 N–H and O–H groups in total. The van der Waals surface area contributed by atoms with Gasteiger partial charge in [0.2, 0.25) is 5.75 Å². The number of nitrogens with one attached hydrogen (secondary N) is 3. The third-order valence-electron chi connectivity index (χ3n) is 4.12. The Balaban J connectivity index is 1.75. The minimum absolute atomic E-state index is 0.0618. The molecule has 10 heteroatoms. The molecule has 1 heterocycles. The van der Waals surface area contributed by atoms with Crippen LogP contribution in [-0.4, -0.2) is 39.3 Å². The summed E-state index contributed by atoms with van der Waals surface area (Å²) in [5.41, 5.74) is -0.210. The van der Waals surface area contributed by atoms with E-state index in [1.54, 1.807) is 31.4 Å². The lowest BCUT2D eigenvalue weighted by Crippen LogP contribution is -2.28. The highest BCUT2D eigenvalue weighted by Gasteiger charge is 2.17. The maximum atomic E-state index is 12.2. The number of amides is 2. The number of hydrogen-bond donors (Lipinski definition) is 5. The number of H-pyrrole nitrogens is 1. The van der Waals surface area contributed by atoms with Crippen molar-refractivity contribution in [1.82, 2.24) is 15.3 Å². The predicted molar refractivity (Wildman–Crippen MR) is 108 cm³/mol. The third kappa shape index (κ3) is 4.55. The van der Waals surface area contributed by atoms with E-state index in [9.17, 15) is 19.5 Å². The largest absolute Gasteiger partial charge is 0.501 e. The van der Waals surface area contributed by atoms with E-state index >= 15 is 0 Å². The number of rotatable bonds is 6. The Kier molecular flexibility index (Phi) is 5.97. The van der Waals surface area contributed by atoms with E-state index in [1.165, 1.54) is 6.07 Å². The molecule has 0 atom stereocenters. The van der Waals surface area contributed by atoms with Crippen LogP contribution in [0.2, 0.25) is 0 Å². The quantitative estimate of drug-likeness (QED) is 0.417. The van der Waals surface area contributed by atoms with Crippen LogP contribution in [0, 0.1) is 0 Å². The Labute approximate surface area is 170 Å². The number of ether oxygens (including phenoxy) is 1. The molecule has 2 aromatic carbocycles. The first kappa shape index (κ1) is 20.4. The molecule has 0 aliphatic rings. The van der Waals surface area contributed by atoms with Crippen LogP contribution in [0.5, 0.6) is 11.5 Å². The van der Waals surface area contributed by atoms with Gasteiger partial charge in [-0.3, -0.25) is 4.79 Å². The lowest BCUT2D eigenvalue weighted by Gasteiger charge is -2.11. The van der Waals surface area contributed by atoms with Crippen molar-refractivity contribution < 1.29 is 24.5 Å². The molecule has 0 spiro atoms. The van der Waals surface area contributed by atoms with Gasteiger partial charge in [-0.2, -0.15) is 0 Å². The van der Waals surface area contributed by atoms with Crippen molar-refractivity contribution in [3.63, 3.8) is 0 Å². The van der Waals surface area contributed by atoms with Crippen molar-refractivity contribution >= 4 is 17.7 Å². The number of aromatic hydroxyl groups is 1. The zero-order valence-electron chi connectivity index (χ0n) is 15.8. The van der Waals surface area contributed by atoms with Gasteiger partial charge in [0.25, 0.3) is 5.56 Å². The molecule has 3 aromatic rings. The van der Waals surface area contributed by atoms with E-state index in [2.05, 4.69) is 20.6 Å². The Morgan fingerprint density at radius 2 is 1.93 bits per heavy atom. The molecule has 154 valence electrons. The smallest absolute Gasteiger partial charge is 0.358 e. The summed E-state index contributed by atoms with van der Waals surface area (Å²) in [5.74, 6) is -1.93. The SMILES string of the molecule is COc1ccccc1CNC(=O)Nc1cccc(-c2nc(C(=O)O)c(O)c(=O)[nH]2)c1. The van der Waals surface area contributed by atoms with Crippen LogP contribution in [0.25, 0.3) is 11.4 Å². The Morgan fingerprint density at radius 3 is 2.67 bits per heavy atom. The molecule has 2 amide bonds. The van der Waals surface area contributed by atoms with Crippen LogP contribution in [0.15, 0.2) is 53.3 Å². The first-order chi connectivity index (χ1) is 14.4. The summed E-state index contributed by atoms with van der Waals surface area (Å²) in [6, 6.07) is 13.1. The fourth-order valence-corrected chi connectivity index (χ4v) is 2.70. The molecule has 0 saturated carbocycles. The summed E-state index contributed by atoms with van der Waals surface area (Å²) in [6.45, 7) is 0.240. The summed E-state index contributed by atoms with van der Waals surface area (Å²) in [5, 5.41) is 24.0. The fraction of sp³-hybridized carbons (Fsp3) is 0.100. The number of methoxy groups -OCH3 is 1. The maximum Gasteiger partial charge on any atom is 0.358 e. The fourth-order valence-electron chi connectivity index (χ4n) is 2.70. The first-order valence-electron chi connectivity index (χ1n) is 8.72. The molecule has 0 fully saturated rings. The van der Waals surface area contributed by atoms with Gasteiger partial charge < -0.3 is 30.6 Å². The summed E-state index contributed by atoms with van der Waals surface area (Å²) < 4.78 is 5.24. The number of carboxylic acid groups (broad SMARTS) is 1. The zero-order valence-corrected chi connectivity index (χ0v) is 15.8. The summed E-state index contributed by atoms with van der Waals surface area (Å²) in [4.78, 5) is 41.2. The van der Waals surface area contributed by atoms with Gasteiger partial charge >= 0.3 is 12.0 Å². The van der Waals surface area contributed by atoms with E-state index < -0.39 is 29.0 Å². The van der Waals surface area contributed by atoms with Crippen LogP contribution in [0.4, 0.5) is 10.5 Å². The van der Waals surface area contributed by atoms with Gasteiger partial charge in [-0.25, -0.2) is 14.6 Å². The van der Waals surface area contributed by atoms with Gasteiger partial charge in [0.05, 0.1) is 7.11 Å². The van der Waals surface area contributed by atoms with Crippen LogP contribution in [0.3, 0.4) is 0 Å². The second-order valence-corrected chi connectivity index (χ2v) is 6.12. The van der Waals surface area contributed by atoms with E-state index in [4.69, 9.17) is 9.84 Å². The highest BCUT2D eigenvalue weighted by molar-refractivity contribution is 5.90. The minimum atomic E-state index is -1.54. The van der Waals surface area contributed by atoms with E-state index in [-0.39, 0.29) is 12.4 Å². The van der Waals surface area contributed by atoms with E-state index in [0.29, 0.717) is 17.0 Å². The van der Waals surface area contributed by atoms with Gasteiger partial charge in [-0.1, -0.05) is 30.3 Å². The number of aromatic nitrogens is 2. The number of carbonyl (C=O) groups excluding carboxylic acids is 1. The standard InChI is InChI=1S/C20H18N4O6/c1-30-14-8-3-2-5-12(14)10-21-20(29)22-13-7-4-6-11(9-13)17-23-15(19(27)28)16(25)18(26)24-17/h2-9,25H,10H2,1H3,(H,27,28)(H2,21,22,29)(H,23,24,26). The molecule has 0 unspecified atom stereocenters. The summed E-state index contributed by atoms with van der Waals surface area (Å²) in [7, 11) is 1.54. The van der Waals surface area contributed by atoms with Crippen LogP contribution in [-0.2, 0) is 6.54 Å². The lowest BCUT2D eigenvalue weighted by atomic mass is 10.2. The van der Waals surface area contributed by atoms with Gasteiger partial charge in [0, 0.05) is 23.4 Å². The average molecular weight is 410 g/mol. The number of aromatic amines is 1. The van der Waals surface area contributed by atoms with Crippen molar-refractivity contribution in [2.75, 3.05) is 12.4 Å². The van der Waals surface area contributed by atoms with E-state index in [1.807, 2.05) is 18.2 Å². The zero-order chi connectivity index (χ0) is 21.7. The number of anilines is 1. The Bertz CT molecular complexity index is 1160. The number of carbonyl (C=O) groups is 2. The van der Waals surface area contributed by atoms with Crippen LogP contribution >= 0.6 is 0 Å². The minimum Gasteiger partial charge on any atom is -0.501 e. The lowest BCUT2D eigenvalue weighted by molar-refractivity contribution is 0.0686. The van der Waals surface area contributed by atoms with Crippen molar-refractivity contribution in [2.45, 2.75) is 6.54 Å². The average Bonchev–Trinajstić information content (AvgIpc) is 2.74. The summed E-state index contributed by atoms with van der Waals surface area (Å²) in [6.07, 6.45) is 0. The molecule has 0 saturated heterocycles. The van der Waals surface area contributed by atoms with Gasteiger partial charge in [0.1, 0.15) is 11.6 Å². The van der Waals surface area contributed by atoms with Gasteiger partial charge in [-0.05, 0) is 18.2 Å². The third-order valence-corrected chi connectivity index (χ3v) is 4.12. The van der Waals surface area contributed by atoms with Crippen LogP contribution in [0.1, 0.15) is 16.1 Å². The second kappa shape index (κ2) is 8.78. The second-order valence-electron chi connectivity index (χ2n) is 6.12. The maximum absolute atomic E-state index is 12.2. The summed E-state index contributed by atoms with van der Waals surface area (Å²) >= 11 is 0. The number of nitrogens with zero attached hydrogens (tertiary/aromatic N) is 1. The highest BCUT2D eigenvalue weighted by Crippen LogP contribution is 2.21. The van der Waals surface area contributed by atoms with Crippen molar-refractivity contribution in [3.8, 4) is 22.9 Å². The van der Waals surface area contributed by atoms with Crippen molar-refractivity contribution in [2.24, 2.45) is 0 Å². The molecule has 1 aromatic heterocycles. The molecule has 3 rings (SSSR count). The van der Waals surface area contributed by atoms with Crippen LogP contribution < -0.4 is 20.9 Å². The molecular weight excluding hydrogens is 392 g/mol. The molecular formula is C20H18N4O6. The molecule has 0 bridgehead atoms. The normalized spacial score (nSPS) is 10.3. The number of carboxylic acids is 1. The predicted octanol–water partition coefficient (Wildman–Crippen LogP) is 2.17. The molecule has 10 nitrogen and oxygen atoms in total. The number of urea groups is 1. The molecule has 0 aliphatic carbocycles. The monoisotopic (exact) mass is 410 g/mol. The number of benzene rings is 2. The Morgan fingerprint density at radius 1 is 1.17 bits per heavy atom. The van der Waals surface area contributed by atoms with Gasteiger partial charge in [0.15, 0.2) is 5.69 Å². The van der Waals surface area contributed by atoms with E-state index in [0.717, 1.165) is 5.56 Å². The number of aromatic carboxylic acids is 1. The number of para-hydroxylation sites is 1. The molecule has 30 heavy (non-hydrogen) atoms. The van der Waals surface area contributed by atoms with Crippen molar-refractivity contribution in [1.29, 1.82) is 0 Å². The Hall–Kier alpha value is -4.34. The highest BCUT2D eigenvalue weighted by atomic mass is 16.5. The van der Waals surface area contributed by atoms with Gasteiger partial charge in [-0.15, -0.1) is 0 Å². The topological polar surface area (TPSA) is 154 Å². The van der Waals surface area contributed by atoms with Crippen molar-refractivity contribution in [3.05, 3.63) is 70.1 Å². The molecule has 0 radical (unpaired) electrons. The first-order valence-corrected chi connectivity index (χ1v) is 8.72.